The van der Waals surface area contributed by atoms with Gasteiger partial charge in [0, 0.05) is 63.7 Å². The average Bonchev–Trinajstić information content (AvgIpc) is 3.85. The van der Waals surface area contributed by atoms with Gasteiger partial charge in [-0.25, -0.2) is 0 Å². The number of nitrogens with zero attached hydrogens (tertiary/aromatic N) is 3. The third-order valence-electron chi connectivity index (χ3n) is 6.46. The predicted molar refractivity (Wildman–Crippen MR) is 237 cm³/mol. The number of aliphatic hydroxyl groups is 1. The normalized spacial score (nSPS) is 9.20. The van der Waals surface area contributed by atoms with Gasteiger partial charge >= 0.3 is 33.1 Å². The van der Waals surface area contributed by atoms with Crippen LogP contribution in [-0.4, -0.2) is 79.3 Å². The molecular formula is C37H65Br3CuIN3O3S3-. The van der Waals surface area contributed by atoms with Crippen molar-refractivity contribution in [2.45, 2.75) is 94.9 Å². The van der Waals surface area contributed by atoms with E-state index >= 15 is 0 Å². The number of ether oxygens (including phenoxy) is 2. The Morgan fingerprint density at radius 2 is 1.08 bits per heavy atom. The standard InChI is InChI=1S/C12H21NOS.C9H14OS.C7H17NO.C5H5BrS.C2H5Br.C2H3N.BrH.Cu.HI/c1-4-13(5-2)7-6-8-14-12-10-15-9-11(12)3;1-3-4-5-10-9-7-11-6-8(9)2;1-3-8(4-2)6-5-7-9;1-4-2-7-3-5(4)6;2*1-2-3;;;/h9-10H,4-8H2,1-3H3;6-7H,3-5H2,1-2H3;9H,3-7H2,1-2H3;2-3H,1H3;2H2,1H3;1H3;1H;;1H/q;;;;;;;+1;/p-2. The van der Waals surface area contributed by atoms with Gasteiger partial charge in [0.25, 0.3) is 0 Å². The van der Waals surface area contributed by atoms with Crippen molar-refractivity contribution in [1.82, 2.24) is 9.80 Å². The first-order valence-corrected chi connectivity index (χ1v) is 24.9. The molecule has 0 saturated carbocycles. The Labute approximate surface area is 372 Å². The third-order valence-corrected chi connectivity index (χ3v) is 10.2. The molecule has 3 aromatic heterocycles. The van der Waals surface area contributed by atoms with E-state index in [0.29, 0.717) is 6.61 Å². The molecule has 3 rings (SSSR count). The van der Waals surface area contributed by atoms with Crippen molar-refractivity contribution in [1.29, 1.82) is 5.26 Å². The van der Waals surface area contributed by atoms with E-state index in [0.717, 1.165) is 88.6 Å². The van der Waals surface area contributed by atoms with Gasteiger partial charge in [-0.2, -0.15) is 16.6 Å². The molecule has 0 unspecified atom stereocenters. The fourth-order valence-electron chi connectivity index (χ4n) is 3.51. The van der Waals surface area contributed by atoms with Crippen LogP contribution in [0.15, 0.2) is 36.8 Å². The zero-order chi connectivity index (χ0) is 39.0. The summed E-state index contributed by atoms with van der Waals surface area (Å²) in [4.78, 5) is 4.72. The second-order valence-corrected chi connectivity index (χ2v) is 14.5. The Morgan fingerprint density at radius 3 is 1.33 bits per heavy atom. The maximum absolute atomic E-state index is 8.48. The van der Waals surface area contributed by atoms with Gasteiger partial charge in [-0.1, -0.05) is 63.9 Å². The molecule has 0 saturated heterocycles. The molecule has 0 amide bonds. The molecule has 51 heavy (non-hydrogen) atoms. The average molecular weight is 1130 g/mol. The Hall–Kier alpha value is 0.759. The van der Waals surface area contributed by atoms with Crippen LogP contribution in [0.3, 0.4) is 0 Å². The molecule has 304 valence electrons. The molecule has 14 heteroatoms. The molecule has 0 aromatic carbocycles. The van der Waals surface area contributed by atoms with Crippen LogP contribution in [0.25, 0.3) is 0 Å². The molecule has 0 atom stereocenters. The molecular weight excluding hydrogens is 1060 g/mol. The Kier molecular flexibility index (Phi) is 58.3. The van der Waals surface area contributed by atoms with Crippen LogP contribution in [0.2, 0.25) is 0 Å². The van der Waals surface area contributed by atoms with Crippen molar-refractivity contribution >= 4 is 86.2 Å². The minimum atomic E-state index is 0. The summed E-state index contributed by atoms with van der Waals surface area (Å²) < 4.78 is 12.4. The summed E-state index contributed by atoms with van der Waals surface area (Å²) in [7, 11) is 0. The minimum absolute atomic E-state index is 0. The Balaban J connectivity index is -0.000000176. The Bertz CT molecular complexity index is 1100. The summed E-state index contributed by atoms with van der Waals surface area (Å²) in [6.45, 7) is 29.2. The van der Waals surface area contributed by atoms with Gasteiger partial charge in [-0.05, 0) is 104 Å². The van der Waals surface area contributed by atoms with Crippen LogP contribution in [0.5, 0.6) is 11.5 Å². The van der Waals surface area contributed by atoms with Crippen LogP contribution < -0.4 is 26.5 Å². The second kappa shape index (κ2) is 48.8. The first-order chi connectivity index (χ1) is 24.1. The van der Waals surface area contributed by atoms with Gasteiger partial charge in [-0.15, -0.1) is 22.7 Å². The summed E-state index contributed by atoms with van der Waals surface area (Å²) in [5.74, 6) is 2.11. The van der Waals surface area contributed by atoms with Crippen molar-refractivity contribution in [3.8, 4) is 17.6 Å². The topological polar surface area (TPSA) is 69.0 Å². The van der Waals surface area contributed by atoms with Crippen molar-refractivity contribution in [2.75, 3.05) is 64.4 Å². The zero-order valence-corrected chi connectivity index (χ0v) is 42.8. The summed E-state index contributed by atoms with van der Waals surface area (Å²) in [5.41, 5.74) is 3.83. The van der Waals surface area contributed by atoms with Crippen molar-refractivity contribution in [3.63, 3.8) is 0 Å². The monoisotopic (exact) mass is 1120 g/mol. The number of nitriles is 1. The van der Waals surface area contributed by atoms with Crippen molar-refractivity contribution < 1.29 is 44.3 Å². The molecule has 0 aliphatic carbocycles. The van der Waals surface area contributed by atoms with Crippen molar-refractivity contribution in [3.05, 3.63) is 53.4 Å². The number of hydrogen-bond donors (Lipinski definition) is 1. The van der Waals surface area contributed by atoms with Gasteiger partial charge in [0.15, 0.2) is 0 Å². The number of rotatable bonds is 16. The van der Waals surface area contributed by atoms with Gasteiger partial charge in [0.05, 0.1) is 19.3 Å². The maximum atomic E-state index is 8.48. The van der Waals surface area contributed by atoms with Crippen LogP contribution >= 0.6 is 86.2 Å². The number of alkyl halides is 1. The predicted octanol–water partition coefficient (Wildman–Crippen LogP) is 9.75. The number of halogens is 4. The number of hydrogen-bond acceptors (Lipinski definition) is 9. The van der Waals surface area contributed by atoms with Crippen LogP contribution in [0, 0.1) is 32.1 Å². The zero-order valence-electron chi connectivity index (χ0n) is 32.5. The molecule has 3 heterocycles. The van der Waals surface area contributed by atoms with E-state index in [1.165, 1.54) is 34.5 Å². The Morgan fingerprint density at radius 1 is 0.725 bits per heavy atom. The van der Waals surface area contributed by atoms with Crippen LogP contribution in [0.4, 0.5) is 0 Å². The number of aliphatic hydroxyl groups excluding tert-OH is 1. The van der Waals surface area contributed by atoms with Crippen LogP contribution in [-0.2, 0) is 12.8 Å². The van der Waals surface area contributed by atoms with Gasteiger partial charge < -0.3 is 41.4 Å². The molecule has 0 aliphatic heterocycles. The molecule has 3 aromatic rings. The van der Waals surface area contributed by atoms with E-state index in [2.05, 4.69) is 142 Å². The molecule has 0 radical (unpaired) electrons. The first kappa shape index (κ1) is 61.0. The van der Waals surface area contributed by atoms with E-state index in [9.17, 15) is 0 Å². The van der Waals surface area contributed by atoms with E-state index in [-0.39, 0.29) is 17.0 Å². The summed E-state index contributed by atoms with van der Waals surface area (Å²) in [6.07, 6.45) is 4.36. The number of thiophene rings is 3. The quantitative estimate of drug-likeness (QED) is 0.0668. The summed E-state index contributed by atoms with van der Waals surface area (Å²) >= 11 is 17.5. The second-order valence-electron chi connectivity index (χ2n) is 10.3. The SMILES string of the molecule is CC#N.CCBr.CCCCOc1cscc1C.CCN(CC)CCCO.CCN(CC)CCCOc1cscc1C.Cc1cscc1Br.[Br-].[Cu][I]. The summed E-state index contributed by atoms with van der Waals surface area (Å²) in [6, 6.07) is 1.75. The third kappa shape index (κ3) is 40.2. The van der Waals surface area contributed by atoms with Crippen LogP contribution in [0.1, 0.15) is 90.8 Å². The fourth-order valence-corrected chi connectivity index (χ4v) is 6.34. The molecule has 0 bridgehead atoms. The molecule has 1 N–H and O–H groups in total. The van der Waals surface area contributed by atoms with E-state index in [4.69, 9.17) is 19.8 Å². The van der Waals surface area contributed by atoms with Gasteiger partial charge in [0.1, 0.15) is 11.5 Å². The number of unbranched alkanes of at least 4 members (excludes halogenated alkanes) is 1. The summed E-state index contributed by atoms with van der Waals surface area (Å²) in [5, 5.41) is 29.4. The van der Waals surface area contributed by atoms with Gasteiger partial charge in [0.2, 0.25) is 0 Å². The molecule has 0 fully saturated rings. The molecule has 6 nitrogen and oxygen atoms in total. The molecule has 0 spiro atoms. The first-order valence-electron chi connectivity index (χ1n) is 17.1. The fraction of sp³-hybridized carbons (Fsp3) is 0.649. The van der Waals surface area contributed by atoms with E-state index in [1.54, 1.807) is 60.4 Å². The van der Waals surface area contributed by atoms with E-state index in [1.807, 2.05) is 6.92 Å². The van der Waals surface area contributed by atoms with Gasteiger partial charge in [-0.3, -0.25) is 0 Å². The number of aryl methyl sites for hydroxylation is 3. The van der Waals surface area contributed by atoms with E-state index < -0.39 is 0 Å². The molecule has 0 aliphatic rings. The van der Waals surface area contributed by atoms with Crippen molar-refractivity contribution in [2.24, 2.45) is 0 Å².